The smallest absolute Gasteiger partial charge is 0.139 e. The Morgan fingerprint density at radius 2 is 0.732 bits per heavy atom. The fourth-order valence-electron chi connectivity index (χ4n) is 18.1. The Morgan fingerprint density at radius 3 is 1.31 bits per heavy atom. The molecule has 0 atom stereocenters. The maximum atomic E-state index is 8.17. The number of furan rings is 4. The van der Waals surface area contributed by atoms with Gasteiger partial charge in [0.05, 0.1) is 0 Å². The Kier molecular flexibility index (Phi) is 21.1. The first-order valence-corrected chi connectivity index (χ1v) is 46.1. The van der Waals surface area contributed by atoms with Crippen LogP contribution in [0.25, 0.3) is 139 Å². The van der Waals surface area contributed by atoms with Gasteiger partial charge in [0.25, 0.3) is 0 Å². The molecule has 0 unspecified atom stereocenters. The Bertz CT molecular complexity index is 7790. The minimum absolute atomic E-state index is 0.120. The molecule has 4 nitrogen and oxygen atoms in total. The van der Waals surface area contributed by atoms with Crippen LogP contribution in [0.4, 0.5) is 0 Å². The van der Waals surface area contributed by atoms with Gasteiger partial charge in [-0.25, -0.2) is 0 Å². The van der Waals surface area contributed by atoms with E-state index in [9.17, 15) is 0 Å². The van der Waals surface area contributed by atoms with Gasteiger partial charge >= 0.3 is 0 Å². The second-order valence-electron chi connectivity index (χ2n) is 40.8. The average molecular weight is 1720 g/mol. The highest BCUT2D eigenvalue weighted by Gasteiger charge is 2.30. The highest BCUT2D eigenvalue weighted by atomic mass is 32.1. The SMILES string of the molecule is CC(C)(C)c1cccc2c1sc1ccccc12.CC(C)(C)c1cccc2sc3ccccc3c12.[2H]C([2H])(C)c1cc2oc3ccccc3c2cc1C(C)(C)C.[2H]C([2H])(C)c1ccc2c(oc3ccccc32)c1C(C)(C)C.[2H]C([2H])(C)c1ccc2oc3ccccc3c2c1C(C)(C)C.[2H]C([2H])([2H])c1c(C(C)(C)C)ccc2oc3ccccc3c12.[2H]C([2H])([2H])c1cc2c(cc1C(C)(C)C)Cc1ccccc1-2. The van der Waals surface area contributed by atoms with Crippen LogP contribution < -0.4 is 0 Å². The second-order valence-corrected chi connectivity index (χ2v) is 43.0. The molecule has 0 N–H and O–H groups in total. The molecule has 20 aromatic rings. The first kappa shape index (κ1) is 75.8. The lowest BCUT2D eigenvalue weighted by Gasteiger charge is -2.23. The highest BCUT2D eigenvalue weighted by molar-refractivity contribution is 7.26. The molecule has 0 fully saturated rings. The van der Waals surface area contributed by atoms with Crippen LogP contribution in [0.2, 0.25) is 0 Å². The molecule has 0 saturated carbocycles. The van der Waals surface area contributed by atoms with Crippen molar-refractivity contribution >= 4 is 151 Å². The molecule has 0 bridgehead atoms. The first-order chi connectivity index (χ1) is 64.6. The van der Waals surface area contributed by atoms with Crippen LogP contribution in [0.3, 0.4) is 0 Å². The van der Waals surface area contributed by atoms with Crippen molar-refractivity contribution in [2.45, 2.75) is 243 Å². The van der Waals surface area contributed by atoms with Crippen molar-refractivity contribution in [3.05, 3.63) is 345 Å². The number of para-hydroxylation sites is 4. The van der Waals surface area contributed by atoms with E-state index >= 15 is 0 Å². The molecule has 0 amide bonds. The van der Waals surface area contributed by atoms with E-state index in [-0.39, 0.29) is 37.9 Å². The molecule has 6 heterocycles. The van der Waals surface area contributed by atoms with E-state index in [0.717, 1.165) is 128 Å². The number of benzene rings is 14. The molecule has 21 rings (SSSR count). The molecule has 1 aliphatic carbocycles. The molecule has 0 aliphatic heterocycles. The molecule has 1 aliphatic rings. The van der Waals surface area contributed by atoms with Crippen molar-refractivity contribution in [3.8, 4) is 11.1 Å². The van der Waals surface area contributed by atoms with Gasteiger partial charge in [0, 0.05) is 105 Å². The third-order valence-corrected chi connectivity index (χ3v) is 26.6. The summed E-state index contributed by atoms with van der Waals surface area (Å²) < 4.78 is 126. The Labute approximate surface area is 779 Å². The van der Waals surface area contributed by atoms with E-state index in [4.69, 9.17) is 34.1 Å². The molecular weight excluding hydrogens is 1580 g/mol. The predicted molar refractivity (Wildman–Crippen MR) is 557 cm³/mol. The van der Waals surface area contributed by atoms with E-state index in [1.807, 2.05) is 201 Å². The van der Waals surface area contributed by atoms with Crippen LogP contribution in [0, 0.1) is 13.7 Å². The minimum Gasteiger partial charge on any atom is -0.456 e. The largest absolute Gasteiger partial charge is 0.456 e. The van der Waals surface area contributed by atoms with Gasteiger partial charge in [-0.3, -0.25) is 0 Å². The average Bonchev–Trinajstić information content (AvgIpc) is 1.65. The molecule has 127 heavy (non-hydrogen) atoms. The summed E-state index contributed by atoms with van der Waals surface area (Å²) in [6.07, 6.45) is -3.27. The summed E-state index contributed by atoms with van der Waals surface area (Å²) in [6.45, 7) is 45.6. The second kappa shape index (κ2) is 35.4. The van der Waals surface area contributed by atoms with E-state index in [0.29, 0.717) is 27.8 Å². The lowest BCUT2D eigenvalue weighted by molar-refractivity contribution is 0.566. The van der Waals surface area contributed by atoms with Crippen LogP contribution in [0.1, 0.15) is 261 Å². The quantitative estimate of drug-likeness (QED) is 0.177. The standard InChI is InChI=1S/3C18H20O.C18H20.C17H18O.2C16H16S/c1-5-12-10-17-14(11-15(12)18(2,3)4)13-8-6-7-9-16(13)19-17;1-5-12-10-11-14-13-8-6-7-9-15(13)19-17(14)16(12)18(2,3)4;1-5-12-10-11-15-16(17(12)18(2,3)4)13-8-6-7-9-14(13)19-15;1-12-9-16-14(11-17(12)18(2,3)4)10-13-7-5-6-8-15(13)16;1-11-13(17(2,3)4)9-10-15-16(11)12-7-5-6-8-14(12)18-15;1-16(2,3)13-9-6-8-12-11-7-4-5-10-14(11)17-15(12)13;1-16(2,3)12-8-6-10-14-15(12)11-7-4-5-9-13(11)17-14/h3*6-11H,5H2,1-4H3;5-9,11H,10H2,1-4H3;5-10H,1-4H3;2*4-10H,1-3H3/i3*5D2;2*1D3;;. The Hall–Kier alpha value is -11.3. The number of thiophene rings is 2. The van der Waals surface area contributed by atoms with Crippen molar-refractivity contribution in [1.29, 1.82) is 0 Å². The maximum Gasteiger partial charge on any atom is 0.139 e. The van der Waals surface area contributed by atoms with Crippen LogP contribution >= 0.6 is 22.7 Å². The van der Waals surface area contributed by atoms with E-state index in [2.05, 4.69) is 234 Å². The van der Waals surface area contributed by atoms with Gasteiger partial charge in [0.15, 0.2) is 0 Å². The topological polar surface area (TPSA) is 52.6 Å². The minimum atomic E-state index is -2.17. The van der Waals surface area contributed by atoms with E-state index < -0.39 is 32.8 Å². The van der Waals surface area contributed by atoms with Crippen molar-refractivity contribution in [1.82, 2.24) is 0 Å². The first-order valence-electron chi connectivity index (χ1n) is 50.5. The maximum absolute atomic E-state index is 8.17. The van der Waals surface area contributed by atoms with Crippen molar-refractivity contribution < 1.29 is 34.1 Å². The molecule has 650 valence electrons. The van der Waals surface area contributed by atoms with Gasteiger partial charge in [-0.2, -0.15) is 0 Å². The third kappa shape index (κ3) is 18.5. The molecule has 0 saturated heterocycles. The monoisotopic (exact) mass is 1720 g/mol. The Morgan fingerprint density at radius 1 is 0.276 bits per heavy atom. The molecular formula is C121H130O4S2. The molecule has 6 aromatic heterocycles. The van der Waals surface area contributed by atoms with Gasteiger partial charge < -0.3 is 17.7 Å². The highest BCUT2D eigenvalue weighted by Crippen LogP contribution is 2.47. The third-order valence-electron chi connectivity index (χ3n) is 24.2. The van der Waals surface area contributed by atoms with E-state index in [1.165, 1.54) is 68.2 Å². The fraction of sp³-hybridized carbons (Fsp3) is 0.306. The number of rotatable bonds is 3. The zero-order chi connectivity index (χ0) is 101. The summed E-state index contributed by atoms with van der Waals surface area (Å²) in [4.78, 5) is 0. The van der Waals surface area contributed by atoms with Crippen LogP contribution in [-0.2, 0) is 63.4 Å². The number of hydrogen-bond acceptors (Lipinski definition) is 6. The summed E-state index contributed by atoms with van der Waals surface area (Å²) in [5, 5.41) is 13.6. The van der Waals surface area contributed by atoms with E-state index in [1.54, 1.807) is 20.8 Å². The summed E-state index contributed by atoms with van der Waals surface area (Å²) in [5.74, 6) is 0. The molecule has 0 spiro atoms. The summed E-state index contributed by atoms with van der Waals surface area (Å²) >= 11 is 3.81. The molecule has 0 radical (unpaired) electrons. The lowest BCUT2D eigenvalue weighted by atomic mass is 9.80. The fourth-order valence-corrected chi connectivity index (χ4v) is 20.7. The van der Waals surface area contributed by atoms with Gasteiger partial charge in [-0.1, -0.05) is 366 Å². The Balaban J connectivity index is 0.000000123. The van der Waals surface area contributed by atoms with Gasteiger partial charge in [-0.05, 0) is 227 Å². The molecule has 6 heteroatoms. The number of aryl methyl sites for hydroxylation is 5. The van der Waals surface area contributed by atoms with Gasteiger partial charge in [0.2, 0.25) is 0 Å². The molecule has 14 aromatic carbocycles. The predicted octanol–water partition coefficient (Wildman–Crippen LogP) is 37.1. The van der Waals surface area contributed by atoms with Crippen LogP contribution in [-0.4, -0.2) is 0 Å². The lowest BCUT2D eigenvalue weighted by Crippen LogP contribution is -2.14. The number of hydrogen-bond donors (Lipinski definition) is 0. The zero-order valence-corrected chi connectivity index (χ0v) is 80.2. The normalized spacial score (nSPS) is 14.5. The van der Waals surface area contributed by atoms with Crippen molar-refractivity contribution in [2.75, 3.05) is 0 Å². The van der Waals surface area contributed by atoms with Crippen LogP contribution in [0.15, 0.2) is 285 Å². The zero-order valence-electron chi connectivity index (χ0n) is 90.6. The summed E-state index contributed by atoms with van der Waals surface area (Å²) in [7, 11) is 0. The number of fused-ring (bicyclic) bond motifs is 21. The summed E-state index contributed by atoms with van der Waals surface area (Å²) in [5.41, 5.74) is 21.4. The van der Waals surface area contributed by atoms with Gasteiger partial charge in [0.1, 0.15) is 44.7 Å². The van der Waals surface area contributed by atoms with Crippen molar-refractivity contribution in [3.63, 3.8) is 0 Å². The summed E-state index contributed by atoms with van der Waals surface area (Å²) in [6, 6.07) is 89.9. The van der Waals surface area contributed by atoms with Gasteiger partial charge in [-0.15, -0.1) is 22.7 Å². The van der Waals surface area contributed by atoms with Crippen LogP contribution in [0.5, 0.6) is 0 Å². The van der Waals surface area contributed by atoms with Crippen molar-refractivity contribution in [2.24, 2.45) is 0 Å².